The van der Waals surface area contributed by atoms with Crippen molar-refractivity contribution in [2.75, 3.05) is 0 Å². The maximum absolute atomic E-state index is 4.93. The van der Waals surface area contributed by atoms with Crippen molar-refractivity contribution in [2.24, 2.45) is 0 Å². The minimum atomic E-state index is -0.826. The number of hydrogen-bond acceptors (Lipinski definition) is 0. The summed E-state index contributed by atoms with van der Waals surface area (Å²) in [4.78, 5) is 0. The fraction of sp³-hybridized carbons (Fsp3) is 0.333. The maximum atomic E-state index is 4.93. The number of rotatable bonds is 1. The third-order valence-corrected chi connectivity index (χ3v) is 4.71. The van der Waals surface area contributed by atoms with E-state index in [1.54, 1.807) is 5.56 Å². The number of halogens is 2. The molecule has 0 aliphatic rings. The molecule has 3 aromatic rings. The van der Waals surface area contributed by atoms with E-state index < -0.39 is 20.8 Å². The molecule has 0 bridgehead atoms. The molecule has 0 amide bonds. The zero-order valence-electron chi connectivity index (χ0n) is 15.4. The van der Waals surface area contributed by atoms with Crippen LogP contribution in [-0.2, 0) is 27.3 Å². The van der Waals surface area contributed by atoms with Crippen LogP contribution in [0, 0.1) is 34.6 Å². The Morgan fingerprint density at radius 1 is 0.958 bits per heavy atom. The van der Waals surface area contributed by atoms with E-state index in [-0.39, 0.29) is 0 Å². The second-order valence-electron chi connectivity index (χ2n) is 6.07. The van der Waals surface area contributed by atoms with Gasteiger partial charge in [0, 0.05) is 0 Å². The van der Waals surface area contributed by atoms with E-state index in [0.717, 1.165) is 0 Å². The van der Waals surface area contributed by atoms with Gasteiger partial charge < -0.3 is 0 Å². The average molecular weight is 441 g/mol. The zero-order valence-corrected chi connectivity index (χ0v) is 19.4. The molecular formula is C21H26Cl2Zr. The molecule has 0 spiro atoms. The van der Waals surface area contributed by atoms with Gasteiger partial charge >= 0.3 is 37.9 Å². The van der Waals surface area contributed by atoms with Gasteiger partial charge in [0.15, 0.2) is 0 Å². The molecule has 128 valence electrons. The van der Waals surface area contributed by atoms with Gasteiger partial charge in [-0.2, -0.15) is 33.9 Å². The van der Waals surface area contributed by atoms with Gasteiger partial charge in [-0.3, -0.25) is 0 Å². The molecule has 0 N–H and O–H groups in total. The van der Waals surface area contributed by atoms with E-state index in [2.05, 4.69) is 77.9 Å². The van der Waals surface area contributed by atoms with Crippen LogP contribution in [0.5, 0.6) is 0 Å². The topological polar surface area (TPSA) is 0 Å². The standard InChI is InChI=1S/C11H17.C10H9.2ClH.Zr/c1-6-11-9(4)7(2)8(3)10(11)5;1-8-6-9-4-2-3-5-10(9)7-8;;;/h6H2,1-5H3;2-7H,1H3;2*1H;/q2*-1;;;+4/p-2. The van der Waals surface area contributed by atoms with Crippen molar-refractivity contribution in [3.05, 3.63) is 69.8 Å². The van der Waals surface area contributed by atoms with E-state index in [9.17, 15) is 0 Å². The third-order valence-electron chi connectivity index (χ3n) is 4.71. The van der Waals surface area contributed by atoms with Crippen molar-refractivity contribution in [1.29, 1.82) is 0 Å². The predicted molar refractivity (Wildman–Crippen MR) is 106 cm³/mol. The van der Waals surface area contributed by atoms with E-state index in [4.69, 9.17) is 17.0 Å². The molecule has 0 heterocycles. The van der Waals surface area contributed by atoms with Crippen LogP contribution in [0.3, 0.4) is 0 Å². The van der Waals surface area contributed by atoms with Gasteiger partial charge in [0.25, 0.3) is 0 Å². The molecule has 0 saturated carbocycles. The summed E-state index contributed by atoms with van der Waals surface area (Å²) in [6, 6.07) is 12.8. The van der Waals surface area contributed by atoms with Gasteiger partial charge in [0.05, 0.1) is 0 Å². The van der Waals surface area contributed by atoms with E-state index in [0.29, 0.717) is 0 Å². The van der Waals surface area contributed by atoms with Crippen LogP contribution in [-0.4, -0.2) is 0 Å². The summed E-state index contributed by atoms with van der Waals surface area (Å²) in [5, 5.41) is 2.69. The fourth-order valence-electron chi connectivity index (χ4n) is 3.13. The molecule has 0 atom stereocenters. The Kier molecular flexibility index (Phi) is 9.57. The monoisotopic (exact) mass is 438 g/mol. The summed E-state index contributed by atoms with van der Waals surface area (Å²) in [6.07, 6.45) is 1.17. The SMILES string of the molecule is CC[c-]1c(C)c(C)c(C)c1C.Cc1cc2ccccc2[cH-]1.[Cl][Zr+2][Cl]. The first kappa shape index (κ1) is 21.7. The Bertz CT molecular complexity index is 707. The molecular weight excluding hydrogens is 414 g/mol. The molecule has 0 aliphatic heterocycles. The molecule has 0 saturated heterocycles. The summed E-state index contributed by atoms with van der Waals surface area (Å²) in [6.45, 7) is 13.3. The van der Waals surface area contributed by atoms with Crippen molar-refractivity contribution in [3.8, 4) is 0 Å². The molecule has 0 nitrogen and oxygen atoms in total. The second kappa shape index (κ2) is 10.6. The number of benzene rings is 1. The minimum absolute atomic E-state index is 0.826. The quantitative estimate of drug-likeness (QED) is 0.345. The predicted octanol–water partition coefficient (Wildman–Crippen LogP) is 7.45. The van der Waals surface area contributed by atoms with Gasteiger partial charge in [0.1, 0.15) is 0 Å². The number of hydrogen-bond donors (Lipinski definition) is 0. The molecule has 0 radical (unpaired) electrons. The third kappa shape index (κ3) is 5.58. The van der Waals surface area contributed by atoms with Gasteiger partial charge in [-0.25, -0.2) is 0 Å². The van der Waals surface area contributed by atoms with Crippen LogP contribution >= 0.6 is 17.0 Å². The van der Waals surface area contributed by atoms with Crippen molar-refractivity contribution in [1.82, 2.24) is 0 Å². The summed E-state index contributed by atoms with van der Waals surface area (Å²) in [5.41, 5.74) is 8.88. The first-order chi connectivity index (χ1) is 11.4. The molecule has 0 fully saturated rings. The molecule has 0 aliphatic carbocycles. The van der Waals surface area contributed by atoms with Crippen molar-refractivity contribution in [2.45, 2.75) is 48.0 Å². The van der Waals surface area contributed by atoms with E-state index in [1.807, 2.05) is 0 Å². The normalized spacial score (nSPS) is 9.67. The summed E-state index contributed by atoms with van der Waals surface area (Å²) in [7, 11) is 9.87. The summed E-state index contributed by atoms with van der Waals surface area (Å²) in [5.74, 6) is 0. The molecule has 0 unspecified atom stereocenters. The Morgan fingerprint density at radius 3 is 1.88 bits per heavy atom. The van der Waals surface area contributed by atoms with Crippen molar-refractivity contribution >= 4 is 27.8 Å². The van der Waals surface area contributed by atoms with E-state index in [1.165, 1.54) is 45.0 Å². The average Bonchev–Trinajstić information content (AvgIpc) is 3.02. The Hall–Kier alpha value is -0.357. The van der Waals surface area contributed by atoms with Crippen LogP contribution in [0.15, 0.2) is 36.4 Å². The summed E-state index contributed by atoms with van der Waals surface area (Å²) < 4.78 is 0. The van der Waals surface area contributed by atoms with Crippen molar-refractivity contribution < 1.29 is 20.8 Å². The van der Waals surface area contributed by atoms with E-state index >= 15 is 0 Å². The zero-order chi connectivity index (χ0) is 18.3. The van der Waals surface area contributed by atoms with Crippen LogP contribution < -0.4 is 0 Å². The molecule has 24 heavy (non-hydrogen) atoms. The number of fused-ring (bicyclic) bond motifs is 1. The Labute approximate surface area is 165 Å². The molecule has 3 aromatic carbocycles. The van der Waals surface area contributed by atoms with Crippen LogP contribution in [0.4, 0.5) is 0 Å². The Balaban J connectivity index is 0.000000207. The van der Waals surface area contributed by atoms with Gasteiger partial charge in [-0.1, -0.05) is 54.0 Å². The molecule has 3 rings (SSSR count). The first-order valence-corrected chi connectivity index (χ1v) is 14.5. The van der Waals surface area contributed by atoms with Crippen LogP contribution in [0.25, 0.3) is 10.8 Å². The number of aryl methyl sites for hydroxylation is 1. The van der Waals surface area contributed by atoms with Crippen molar-refractivity contribution in [3.63, 3.8) is 0 Å². The molecule has 0 aromatic heterocycles. The summed E-state index contributed by atoms with van der Waals surface area (Å²) >= 11 is -0.826. The van der Waals surface area contributed by atoms with Crippen LogP contribution in [0.1, 0.15) is 40.3 Å². The first-order valence-electron chi connectivity index (χ1n) is 8.17. The van der Waals surface area contributed by atoms with Gasteiger partial charge in [-0.05, 0) is 0 Å². The molecule has 3 heteroatoms. The van der Waals surface area contributed by atoms with Gasteiger partial charge in [0.2, 0.25) is 0 Å². The van der Waals surface area contributed by atoms with Crippen LogP contribution in [0.2, 0.25) is 0 Å². The Morgan fingerprint density at radius 2 is 1.46 bits per heavy atom. The fourth-order valence-corrected chi connectivity index (χ4v) is 3.13. The van der Waals surface area contributed by atoms with Gasteiger partial charge in [-0.15, -0.1) is 40.6 Å². The second-order valence-corrected chi connectivity index (χ2v) is 9.80.